The molecule has 1 atom stereocenters. The van der Waals surface area contributed by atoms with Gasteiger partial charge in [-0.25, -0.2) is 0 Å². The van der Waals surface area contributed by atoms with Crippen LogP contribution in [-0.2, 0) is 28.6 Å². The Bertz CT molecular complexity index is 1380. The lowest BCUT2D eigenvalue weighted by Gasteiger charge is -2.18. The van der Waals surface area contributed by atoms with Crippen LogP contribution in [0.5, 0.6) is 0 Å². The van der Waals surface area contributed by atoms with Crippen molar-refractivity contribution in [2.75, 3.05) is 13.2 Å². The molecule has 468 valence electrons. The number of esters is 3. The number of carbonyl (C=O) groups excluding carboxylic acids is 3. The predicted octanol–water partition coefficient (Wildman–Crippen LogP) is 24.5. The molecule has 0 aromatic heterocycles. The largest absolute Gasteiger partial charge is 0.462 e. The van der Waals surface area contributed by atoms with Crippen LogP contribution in [0.4, 0.5) is 0 Å². The molecule has 0 bridgehead atoms. The first-order valence-corrected chi connectivity index (χ1v) is 35.6. The molecule has 0 aliphatic heterocycles. The van der Waals surface area contributed by atoms with E-state index < -0.39 is 6.10 Å². The minimum absolute atomic E-state index is 0.0809. The van der Waals surface area contributed by atoms with Gasteiger partial charge in [0, 0.05) is 19.3 Å². The van der Waals surface area contributed by atoms with Crippen LogP contribution in [-0.4, -0.2) is 37.2 Å². The fourth-order valence-corrected chi connectivity index (χ4v) is 10.8. The van der Waals surface area contributed by atoms with Crippen molar-refractivity contribution in [2.45, 2.75) is 393 Å². The molecule has 6 heteroatoms. The zero-order valence-electron chi connectivity index (χ0n) is 53.9. The third-order valence-electron chi connectivity index (χ3n) is 16.1. The average Bonchev–Trinajstić information content (AvgIpc) is 3.46. The van der Waals surface area contributed by atoms with Crippen molar-refractivity contribution in [3.8, 4) is 0 Å². The Kier molecular flexibility index (Phi) is 66.6. The van der Waals surface area contributed by atoms with Crippen molar-refractivity contribution >= 4 is 17.9 Å². The molecule has 0 saturated heterocycles. The second-order valence-corrected chi connectivity index (χ2v) is 24.1. The maximum atomic E-state index is 12.9. The summed E-state index contributed by atoms with van der Waals surface area (Å²) in [7, 11) is 0. The lowest BCUT2D eigenvalue weighted by molar-refractivity contribution is -0.167. The van der Waals surface area contributed by atoms with Crippen LogP contribution < -0.4 is 0 Å². The SMILES string of the molecule is CC/C=C\C/C=C\C/C=C\C/C=C\CCCCC(=O)OCC(COC(=O)CCCCCCCCCCCCCCCCCCCCCCCCCCCCC)OC(=O)CCCCCCCCCCCCCCCCCCCCCC. The molecule has 0 fully saturated rings. The summed E-state index contributed by atoms with van der Waals surface area (Å²) >= 11 is 0. The fraction of sp³-hybridized carbons (Fsp3) is 0.851. The van der Waals surface area contributed by atoms with Crippen LogP contribution in [0.1, 0.15) is 387 Å². The van der Waals surface area contributed by atoms with Gasteiger partial charge in [0.15, 0.2) is 6.10 Å². The maximum Gasteiger partial charge on any atom is 0.306 e. The minimum atomic E-state index is -0.788. The molecule has 0 aliphatic carbocycles. The summed E-state index contributed by atoms with van der Waals surface area (Å²) in [6.45, 7) is 6.57. The van der Waals surface area contributed by atoms with Gasteiger partial charge in [0.05, 0.1) is 0 Å². The van der Waals surface area contributed by atoms with E-state index in [1.54, 1.807) is 0 Å². The van der Waals surface area contributed by atoms with Gasteiger partial charge in [0.1, 0.15) is 13.2 Å². The van der Waals surface area contributed by atoms with Gasteiger partial charge in [-0.1, -0.05) is 358 Å². The van der Waals surface area contributed by atoms with Crippen LogP contribution in [0.25, 0.3) is 0 Å². The van der Waals surface area contributed by atoms with Crippen molar-refractivity contribution in [1.29, 1.82) is 0 Å². The highest BCUT2D eigenvalue weighted by Gasteiger charge is 2.19. The number of ether oxygens (including phenoxy) is 3. The monoisotopic (exact) mass is 1120 g/mol. The molecule has 0 aromatic rings. The number of carbonyl (C=O) groups is 3. The molecule has 80 heavy (non-hydrogen) atoms. The van der Waals surface area contributed by atoms with Gasteiger partial charge < -0.3 is 14.2 Å². The normalized spacial score (nSPS) is 12.3. The number of hydrogen-bond acceptors (Lipinski definition) is 6. The van der Waals surface area contributed by atoms with E-state index in [1.807, 2.05) is 0 Å². The molecular weight excluding hydrogens is 985 g/mol. The molecule has 0 rings (SSSR count). The first-order chi connectivity index (χ1) is 39.5. The Labute approximate surface area is 498 Å². The van der Waals surface area contributed by atoms with E-state index in [2.05, 4.69) is 69.4 Å². The van der Waals surface area contributed by atoms with E-state index in [0.717, 1.165) is 83.5 Å². The summed E-state index contributed by atoms with van der Waals surface area (Å²) in [5.74, 6) is -0.896. The van der Waals surface area contributed by atoms with Crippen molar-refractivity contribution < 1.29 is 28.6 Å². The smallest absolute Gasteiger partial charge is 0.306 e. The molecule has 0 saturated carbocycles. The first-order valence-electron chi connectivity index (χ1n) is 35.6. The Morgan fingerprint density at radius 3 is 0.762 bits per heavy atom. The summed E-state index contributed by atoms with van der Waals surface area (Å²) < 4.78 is 17.0. The Balaban J connectivity index is 4.25. The third-order valence-corrected chi connectivity index (χ3v) is 16.1. The molecule has 0 aliphatic rings. The number of allylic oxidation sites excluding steroid dienone is 8. The minimum Gasteiger partial charge on any atom is -0.462 e. The Hall–Kier alpha value is -2.63. The van der Waals surface area contributed by atoms with Crippen molar-refractivity contribution in [1.82, 2.24) is 0 Å². The zero-order valence-corrected chi connectivity index (χ0v) is 53.9. The molecule has 6 nitrogen and oxygen atoms in total. The first kappa shape index (κ1) is 77.4. The quantitative estimate of drug-likeness (QED) is 0.0261. The second kappa shape index (κ2) is 68.9. The third kappa shape index (κ3) is 66.2. The molecule has 0 heterocycles. The Morgan fingerprint density at radius 1 is 0.263 bits per heavy atom. The van der Waals surface area contributed by atoms with Gasteiger partial charge in [-0.05, 0) is 57.8 Å². The second-order valence-electron chi connectivity index (χ2n) is 24.1. The molecule has 0 N–H and O–H groups in total. The molecule has 1 unspecified atom stereocenters. The maximum absolute atomic E-state index is 12.9. The highest BCUT2D eigenvalue weighted by atomic mass is 16.6. The zero-order chi connectivity index (χ0) is 57.8. The highest BCUT2D eigenvalue weighted by molar-refractivity contribution is 5.71. The summed E-state index contributed by atoms with van der Waals surface area (Å²) in [6, 6.07) is 0. The van der Waals surface area contributed by atoms with Gasteiger partial charge in [-0.3, -0.25) is 14.4 Å². The van der Waals surface area contributed by atoms with Crippen LogP contribution in [0.3, 0.4) is 0 Å². The number of hydrogen-bond donors (Lipinski definition) is 0. The fourth-order valence-electron chi connectivity index (χ4n) is 10.8. The van der Waals surface area contributed by atoms with Crippen LogP contribution in [0, 0.1) is 0 Å². The van der Waals surface area contributed by atoms with E-state index in [4.69, 9.17) is 14.2 Å². The van der Waals surface area contributed by atoms with E-state index in [1.165, 1.54) is 263 Å². The average molecular weight is 1120 g/mol. The molecule has 0 aromatic carbocycles. The summed E-state index contributed by atoms with van der Waals surface area (Å²) in [6.07, 6.45) is 87.3. The number of rotatable bonds is 66. The highest BCUT2D eigenvalue weighted by Crippen LogP contribution is 2.19. The van der Waals surface area contributed by atoms with Crippen LogP contribution in [0.2, 0.25) is 0 Å². The van der Waals surface area contributed by atoms with Crippen molar-refractivity contribution in [2.24, 2.45) is 0 Å². The van der Waals surface area contributed by atoms with Crippen LogP contribution >= 0.6 is 0 Å². The van der Waals surface area contributed by atoms with Crippen molar-refractivity contribution in [3.63, 3.8) is 0 Å². The van der Waals surface area contributed by atoms with E-state index in [-0.39, 0.29) is 31.1 Å². The van der Waals surface area contributed by atoms with Gasteiger partial charge >= 0.3 is 17.9 Å². The molecule has 0 radical (unpaired) electrons. The van der Waals surface area contributed by atoms with E-state index in [9.17, 15) is 14.4 Å². The predicted molar refractivity (Wildman–Crippen MR) is 349 cm³/mol. The lowest BCUT2D eigenvalue weighted by Crippen LogP contribution is -2.30. The molecule has 0 amide bonds. The standard InChI is InChI=1S/C74H136O6/c1-4-7-10-13-16-19-22-25-28-30-32-34-35-36-37-38-39-40-42-43-46-49-52-55-58-61-64-67-73(76)79-70-71(69-78-72(75)66-63-60-57-54-51-48-45-27-24-21-18-15-12-9-6-3)80-74(77)68-65-62-59-56-53-50-47-44-41-33-31-29-26-23-20-17-14-11-8-5-2/h9,12,18,21,27,45,51,54,71H,4-8,10-11,13-17,19-20,22-26,28-44,46-50,52-53,55-70H2,1-3H3/b12-9-,21-18-,45-27-,54-51-. The van der Waals surface area contributed by atoms with Crippen molar-refractivity contribution in [3.05, 3.63) is 48.6 Å². The van der Waals surface area contributed by atoms with Gasteiger partial charge in [-0.15, -0.1) is 0 Å². The lowest BCUT2D eigenvalue weighted by atomic mass is 10.0. The van der Waals surface area contributed by atoms with Gasteiger partial charge in [-0.2, -0.15) is 0 Å². The van der Waals surface area contributed by atoms with E-state index >= 15 is 0 Å². The molecular formula is C74H136O6. The van der Waals surface area contributed by atoms with Crippen LogP contribution in [0.15, 0.2) is 48.6 Å². The van der Waals surface area contributed by atoms with E-state index in [0.29, 0.717) is 19.3 Å². The molecule has 0 spiro atoms. The number of unbranched alkanes of at least 4 members (excludes halogenated alkanes) is 47. The summed E-state index contributed by atoms with van der Waals surface area (Å²) in [5.41, 5.74) is 0. The summed E-state index contributed by atoms with van der Waals surface area (Å²) in [4.78, 5) is 38.4. The summed E-state index contributed by atoms with van der Waals surface area (Å²) in [5, 5.41) is 0. The Morgan fingerprint density at radius 2 is 0.487 bits per heavy atom. The van der Waals surface area contributed by atoms with Gasteiger partial charge in [0.2, 0.25) is 0 Å². The topological polar surface area (TPSA) is 78.9 Å². The van der Waals surface area contributed by atoms with Gasteiger partial charge in [0.25, 0.3) is 0 Å².